The van der Waals surface area contributed by atoms with Crippen LogP contribution in [0.5, 0.6) is 0 Å². The van der Waals surface area contributed by atoms with E-state index in [9.17, 15) is 18.3 Å². The predicted molar refractivity (Wildman–Crippen MR) is 74.6 cm³/mol. The summed E-state index contributed by atoms with van der Waals surface area (Å²) in [6, 6.07) is 5.01. The fourth-order valence-corrected chi connectivity index (χ4v) is 2.46. The van der Waals surface area contributed by atoms with Crippen molar-refractivity contribution in [2.75, 3.05) is 19.7 Å². The second kappa shape index (κ2) is 6.97. The summed E-state index contributed by atoms with van der Waals surface area (Å²) in [7, 11) is 0. The summed E-state index contributed by atoms with van der Waals surface area (Å²) in [4.78, 5) is 2.13. The standard InChI is InChI=1S/C16H18F3NO/c17-16(18,19)14-8-6-13(7-9-14)4-3-11-20-10-2-1-5-15(20)12-21/h6-9,15,21H,1-2,5,10-12H2. The lowest BCUT2D eigenvalue weighted by molar-refractivity contribution is -0.137. The Kier molecular flexibility index (Phi) is 5.27. The fourth-order valence-electron chi connectivity index (χ4n) is 2.46. The number of benzene rings is 1. The summed E-state index contributed by atoms with van der Waals surface area (Å²) in [5.74, 6) is 5.85. The molecule has 1 atom stereocenters. The quantitative estimate of drug-likeness (QED) is 0.849. The van der Waals surface area contributed by atoms with Gasteiger partial charge in [0, 0.05) is 11.6 Å². The Labute approximate surface area is 122 Å². The Morgan fingerprint density at radius 1 is 1.19 bits per heavy atom. The zero-order valence-electron chi connectivity index (χ0n) is 11.7. The van der Waals surface area contributed by atoms with Crippen LogP contribution in [0.25, 0.3) is 0 Å². The molecule has 1 aromatic carbocycles. The third-order valence-corrected chi connectivity index (χ3v) is 3.69. The minimum atomic E-state index is -4.31. The van der Waals surface area contributed by atoms with E-state index < -0.39 is 11.7 Å². The van der Waals surface area contributed by atoms with E-state index >= 15 is 0 Å². The van der Waals surface area contributed by atoms with E-state index in [1.54, 1.807) is 0 Å². The largest absolute Gasteiger partial charge is 0.416 e. The third kappa shape index (κ3) is 4.48. The van der Waals surface area contributed by atoms with Crippen LogP contribution in [0.1, 0.15) is 30.4 Å². The maximum Gasteiger partial charge on any atom is 0.416 e. The molecule has 0 aliphatic carbocycles. The minimum Gasteiger partial charge on any atom is -0.395 e. The first-order chi connectivity index (χ1) is 10.0. The molecule has 1 N–H and O–H groups in total. The van der Waals surface area contributed by atoms with Crippen molar-refractivity contribution in [2.45, 2.75) is 31.5 Å². The summed E-state index contributed by atoms with van der Waals surface area (Å²) < 4.78 is 37.3. The summed E-state index contributed by atoms with van der Waals surface area (Å²) in [5, 5.41) is 9.29. The van der Waals surface area contributed by atoms with Crippen LogP contribution in [0, 0.1) is 11.8 Å². The first-order valence-electron chi connectivity index (χ1n) is 7.02. The summed E-state index contributed by atoms with van der Waals surface area (Å²) >= 11 is 0. The molecule has 2 nitrogen and oxygen atoms in total. The number of piperidine rings is 1. The molecule has 0 aromatic heterocycles. The van der Waals surface area contributed by atoms with E-state index in [1.165, 1.54) is 12.1 Å². The number of aliphatic hydroxyl groups excluding tert-OH is 1. The Bertz CT molecular complexity index is 513. The zero-order chi connectivity index (χ0) is 15.3. The first kappa shape index (κ1) is 15.9. The molecule has 5 heteroatoms. The van der Waals surface area contributed by atoms with Crippen LogP contribution in [0.2, 0.25) is 0 Å². The van der Waals surface area contributed by atoms with Crippen LogP contribution < -0.4 is 0 Å². The van der Waals surface area contributed by atoms with Gasteiger partial charge < -0.3 is 5.11 Å². The van der Waals surface area contributed by atoms with Crippen molar-refractivity contribution < 1.29 is 18.3 Å². The smallest absolute Gasteiger partial charge is 0.395 e. The molecule has 1 unspecified atom stereocenters. The number of likely N-dealkylation sites (tertiary alicyclic amines) is 1. The van der Waals surface area contributed by atoms with E-state index in [1.807, 2.05) is 0 Å². The van der Waals surface area contributed by atoms with Gasteiger partial charge in [0.25, 0.3) is 0 Å². The molecule has 1 saturated heterocycles. The van der Waals surface area contributed by atoms with E-state index in [4.69, 9.17) is 0 Å². The molecule has 0 spiro atoms. The summed E-state index contributed by atoms with van der Waals surface area (Å²) in [6.45, 7) is 1.57. The Morgan fingerprint density at radius 2 is 1.90 bits per heavy atom. The lowest BCUT2D eigenvalue weighted by Gasteiger charge is -2.32. The van der Waals surface area contributed by atoms with Crippen molar-refractivity contribution in [1.82, 2.24) is 4.90 Å². The number of rotatable bonds is 2. The molecular formula is C16H18F3NO. The molecule has 1 fully saturated rings. The maximum atomic E-state index is 12.4. The van der Waals surface area contributed by atoms with E-state index in [-0.39, 0.29) is 12.6 Å². The molecule has 0 saturated carbocycles. The lowest BCUT2D eigenvalue weighted by atomic mass is 10.0. The second-order valence-corrected chi connectivity index (χ2v) is 5.18. The number of alkyl halides is 3. The Hall–Kier alpha value is -1.51. The molecule has 1 aliphatic heterocycles. The molecule has 1 aromatic rings. The van der Waals surface area contributed by atoms with Crippen LogP contribution in [0.4, 0.5) is 13.2 Å². The van der Waals surface area contributed by atoms with E-state index in [0.29, 0.717) is 12.1 Å². The van der Waals surface area contributed by atoms with Gasteiger partial charge in [0.2, 0.25) is 0 Å². The molecule has 1 aliphatic rings. The van der Waals surface area contributed by atoms with Crippen LogP contribution in [-0.4, -0.2) is 35.7 Å². The van der Waals surface area contributed by atoms with Crippen molar-refractivity contribution in [3.8, 4) is 11.8 Å². The van der Waals surface area contributed by atoms with Gasteiger partial charge in [-0.3, -0.25) is 4.90 Å². The number of nitrogens with zero attached hydrogens (tertiary/aromatic N) is 1. The Balaban J connectivity index is 1.96. The van der Waals surface area contributed by atoms with Gasteiger partial charge in [0.05, 0.1) is 18.7 Å². The molecule has 1 heterocycles. The molecule has 0 bridgehead atoms. The van der Waals surface area contributed by atoms with Crippen LogP contribution in [0.15, 0.2) is 24.3 Å². The topological polar surface area (TPSA) is 23.5 Å². The highest BCUT2D eigenvalue weighted by Crippen LogP contribution is 2.28. The number of hydrogen-bond donors (Lipinski definition) is 1. The average Bonchev–Trinajstić information content (AvgIpc) is 2.47. The molecule has 0 radical (unpaired) electrons. The third-order valence-electron chi connectivity index (χ3n) is 3.69. The van der Waals surface area contributed by atoms with E-state index in [0.717, 1.165) is 37.9 Å². The molecule has 2 rings (SSSR count). The molecule has 0 amide bonds. The van der Waals surface area contributed by atoms with Crippen LogP contribution in [-0.2, 0) is 6.18 Å². The summed E-state index contributed by atoms with van der Waals surface area (Å²) in [6.07, 6.45) is -1.13. The molecular weight excluding hydrogens is 279 g/mol. The Morgan fingerprint density at radius 3 is 2.52 bits per heavy atom. The normalized spacial score (nSPS) is 19.9. The fraction of sp³-hybridized carbons (Fsp3) is 0.500. The van der Waals surface area contributed by atoms with Gasteiger partial charge in [0.15, 0.2) is 0 Å². The average molecular weight is 297 g/mol. The number of hydrogen-bond acceptors (Lipinski definition) is 2. The van der Waals surface area contributed by atoms with Crippen molar-refractivity contribution in [3.05, 3.63) is 35.4 Å². The van der Waals surface area contributed by atoms with Gasteiger partial charge in [-0.15, -0.1) is 0 Å². The van der Waals surface area contributed by atoms with Gasteiger partial charge in [-0.05, 0) is 43.7 Å². The highest BCUT2D eigenvalue weighted by Gasteiger charge is 2.29. The lowest BCUT2D eigenvalue weighted by Crippen LogP contribution is -2.41. The number of halogens is 3. The van der Waals surface area contributed by atoms with Crippen molar-refractivity contribution in [2.24, 2.45) is 0 Å². The van der Waals surface area contributed by atoms with Gasteiger partial charge in [-0.2, -0.15) is 13.2 Å². The van der Waals surface area contributed by atoms with Crippen LogP contribution in [0.3, 0.4) is 0 Å². The number of aliphatic hydroxyl groups is 1. The molecule has 21 heavy (non-hydrogen) atoms. The van der Waals surface area contributed by atoms with Gasteiger partial charge >= 0.3 is 6.18 Å². The van der Waals surface area contributed by atoms with Gasteiger partial charge in [-0.25, -0.2) is 0 Å². The van der Waals surface area contributed by atoms with Crippen molar-refractivity contribution >= 4 is 0 Å². The van der Waals surface area contributed by atoms with E-state index in [2.05, 4.69) is 16.7 Å². The summed E-state index contributed by atoms with van der Waals surface area (Å²) in [5.41, 5.74) is -0.0926. The van der Waals surface area contributed by atoms with Crippen molar-refractivity contribution in [1.29, 1.82) is 0 Å². The highest BCUT2D eigenvalue weighted by atomic mass is 19.4. The second-order valence-electron chi connectivity index (χ2n) is 5.18. The SMILES string of the molecule is OCC1CCCCN1CC#Cc1ccc(C(F)(F)F)cc1. The van der Waals surface area contributed by atoms with Crippen LogP contribution >= 0.6 is 0 Å². The minimum absolute atomic E-state index is 0.127. The predicted octanol–water partition coefficient (Wildman–Crippen LogP) is 2.90. The molecule has 114 valence electrons. The highest BCUT2D eigenvalue weighted by molar-refractivity contribution is 5.37. The van der Waals surface area contributed by atoms with Crippen molar-refractivity contribution in [3.63, 3.8) is 0 Å². The van der Waals surface area contributed by atoms with Gasteiger partial charge in [0.1, 0.15) is 0 Å². The zero-order valence-corrected chi connectivity index (χ0v) is 11.7. The van der Waals surface area contributed by atoms with Gasteiger partial charge in [-0.1, -0.05) is 18.3 Å². The first-order valence-corrected chi connectivity index (χ1v) is 7.02. The maximum absolute atomic E-state index is 12.4. The monoisotopic (exact) mass is 297 g/mol.